The van der Waals surface area contributed by atoms with Gasteiger partial charge in [-0.05, 0) is 43.0 Å². The number of hydrogen-bond donors (Lipinski definition) is 1. The van der Waals surface area contributed by atoms with E-state index in [-0.39, 0.29) is 0 Å². The summed E-state index contributed by atoms with van der Waals surface area (Å²) >= 11 is 7.85. The fourth-order valence-corrected chi connectivity index (χ4v) is 4.81. The van der Waals surface area contributed by atoms with Crippen LogP contribution in [0, 0.1) is 0 Å². The molecule has 0 atom stereocenters. The number of benzene rings is 1. The molecule has 0 fully saturated rings. The molecule has 124 valence electrons. The van der Waals surface area contributed by atoms with E-state index in [9.17, 15) is 0 Å². The largest absolute Gasteiger partial charge is 0.397 e. The first kappa shape index (κ1) is 15.9. The van der Waals surface area contributed by atoms with Gasteiger partial charge in [-0.15, -0.1) is 0 Å². The summed E-state index contributed by atoms with van der Waals surface area (Å²) in [5.74, 6) is 0.395. The van der Waals surface area contributed by atoms with Gasteiger partial charge in [0.25, 0.3) is 0 Å². The van der Waals surface area contributed by atoms with E-state index in [1.807, 2.05) is 24.4 Å². The van der Waals surface area contributed by atoms with Crippen LogP contribution in [0.3, 0.4) is 0 Å². The zero-order chi connectivity index (χ0) is 16.8. The van der Waals surface area contributed by atoms with Crippen LogP contribution in [0.1, 0.15) is 37.6 Å². The number of aromatic nitrogens is 2. The minimum Gasteiger partial charge on any atom is -0.397 e. The highest BCUT2D eigenvalue weighted by atomic mass is 35.5. The first-order chi connectivity index (χ1) is 11.6. The highest BCUT2D eigenvalue weighted by Gasteiger charge is 2.25. The molecule has 0 spiro atoms. The Morgan fingerprint density at radius 1 is 1.29 bits per heavy atom. The topological polar surface area (TPSA) is 43.8 Å². The van der Waals surface area contributed by atoms with Crippen molar-refractivity contribution >= 4 is 40.0 Å². The number of nitrogen functional groups attached to an aromatic ring is 1. The summed E-state index contributed by atoms with van der Waals surface area (Å²) in [6, 6.07) is 8.03. The number of rotatable bonds is 3. The normalized spacial score (nSPS) is 13.8. The quantitative estimate of drug-likeness (QED) is 0.630. The molecule has 1 aliphatic rings. The number of pyridine rings is 1. The average Bonchev–Trinajstić information content (AvgIpc) is 3.13. The van der Waals surface area contributed by atoms with Crippen LogP contribution >= 0.6 is 23.4 Å². The van der Waals surface area contributed by atoms with E-state index in [0.717, 1.165) is 17.9 Å². The van der Waals surface area contributed by atoms with Crippen LogP contribution in [0.2, 0.25) is 5.02 Å². The second-order valence-electron chi connectivity index (χ2n) is 6.56. The zero-order valence-corrected chi connectivity index (χ0v) is 15.4. The molecule has 0 radical (unpaired) electrons. The van der Waals surface area contributed by atoms with E-state index in [2.05, 4.69) is 29.5 Å². The number of halogens is 1. The lowest BCUT2D eigenvalue weighted by Crippen LogP contribution is -1.95. The van der Waals surface area contributed by atoms with Crippen molar-refractivity contribution in [3.05, 3.63) is 46.9 Å². The number of anilines is 1. The lowest BCUT2D eigenvalue weighted by molar-refractivity contribution is 0.770. The molecule has 24 heavy (non-hydrogen) atoms. The summed E-state index contributed by atoms with van der Waals surface area (Å²) in [4.78, 5) is 7.14. The maximum atomic E-state index is 6.07. The summed E-state index contributed by atoms with van der Waals surface area (Å²) in [6.07, 6.45) is 4.27. The summed E-state index contributed by atoms with van der Waals surface area (Å²) in [5.41, 5.74) is 10.5. The Labute approximate surface area is 151 Å². The molecule has 3 aromatic rings. The van der Waals surface area contributed by atoms with Crippen LogP contribution in [0.15, 0.2) is 40.3 Å². The molecule has 4 rings (SSSR count). The van der Waals surface area contributed by atoms with E-state index in [1.165, 1.54) is 33.6 Å². The van der Waals surface area contributed by atoms with Crippen molar-refractivity contribution in [3.8, 4) is 0 Å². The van der Waals surface area contributed by atoms with Crippen LogP contribution in [0.25, 0.3) is 10.9 Å². The van der Waals surface area contributed by atoms with Crippen molar-refractivity contribution in [2.75, 3.05) is 5.73 Å². The molecule has 1 aromatic carbocycles. The Morgan fingerprint density at radius 2 is 2.12 bits per heavy atom. The molecule has 0 saturated carbocycles. The van der Waals surface area contributed by atoms with Crippen molar-refractivity contribution < 1.29 is 0 Å². The monoisotopic (exact) mass is 357 g/mol. The predicted octanol–water partition coefficient (Wildman–Crippen LogP) is 5.49. The van der Waals surface area contributed by atoms with Gasteiger partial charge in [0.05, 0.1) is 21.9 Å². The van der Waals surface area contributed by atoms with Crippen LogP contribution in [0.4, 0.5) is 5.69 Å². The minimum atomic E-state index is 0.395. The van der Waals surface area contributed by atoms with Gasteiger partial charge < -0.3 is 10.3 Å². The Balaban J connectivity index is 1.92. The SMILES string of the molecule is CC(C)c1nccc2c1c(Sc1ccc(Cl)c(N)c1)c1n2CCC1. The molecule has 0 unspecified atom stereocenters. The first-order valence-electron chi connectivity index (χ1n) is 8.29. The van der Waals surface area contributed by atoms with Crippen LogP contribution in [-0.4, -0.2) is 9.55 Å². The van der Waals surface area contributed by atoms with Gasteiger partial charge in [-0.3, -0.25) is 4.98 Å². The molecule has 0 saturated heterocycles. The molecule has 0 amide bonds. The lowest BCUT2D eigenvalue weighted by Gasteiger charge is -2.10. The fourth-order valence-electron chi connectivity index (χ4n) is 3.50. The molecule has 2 N–H and O–H groups in total. The van der Waals surface area contributed by atoms with E-state index in [4.69, 9.17) is 17.3 Å². The highest BCUT2D eigenvalue weighted by molar-refractivity contribution is 7.99. The predicted molar refractivity (Wildman–Crippen MR) is 102 cm³/mol. The van der Waals surface area contributed by atoms with Gasteiger partial charge in [0.2, 0.25) is 0 Å². The standard InChI is InChI=1S/C19H20ClN3S/c1-11(2)18-17-15(7-8-22-18)23-9-3-4-16(23)19(17)24-12-5-6-13(20)14(21)10-12/h5-8,10-11H,3-4,9,21H2,1-2H3. The Hall–Kier alpha value is -1.65. The molecule has 1 aliphatic heterocycles. The molecule has 2 aromatic heterocycles. The number of nitrogens with two attached hydrogens (primary N) is 1. The molecule has 0 bridgehead atoms. The smallest absolute Gasteiger partial charge is 0.0636 e. The van der Waals surface area contributed by atoms with Gasteiger partial charge in [-0.25, -0.2) is 0 Å². The fraction of sp³-hybridized carbons (Fsp3) is 0.316. The van der Waals surface area contributed by atoms with Crippen LogP contribution in [0.5, 0.6) is 0 Å². The molecule has 3 heterocycles. The number of nitrogens with zero attached hydrogens (tertiary/aromatic N) is 2. The Bertz CT molecular complexity index is 930. The zero-order valence-electron chi connectivity index (χ0n) is 13.8. The van der Waals surface area contributed by atoms with E-state index in [1.54, 1.807) is 11.8 Å². The highest BCUT2D eigenvalue weighted by Crippen LogP contribution is 2.44. The van der Waals surface area contributed by atoms with Gasteiger partial charge in [0, 0.05) is 33.6 Å². The summed E-state index contributed by atoms with van der Waals surface area (Å²) < 4.78 is 2.46. The van der Waals surface area contributed by atoms with Crippen molar-refractivity contribution in [1.82, 2.24) is 9.55 Å². The van der Waals surface area contributed by atoms with Crippen molar-refractivity contribution in [3.63, 3.8) is 0 Å². The number of fused-ring (bicyclic) bond motifs is 3. The van der Waals surface area contributed by atoms with E-state index < -0.39 is 0 Å². The number of hydrogen-bond acceptors (Lipinski definition) is 3. The molecule has 5 heteroatoms. The maximum Gasteiger partial charge on any atom is 0.0636 e. The van der Waals surface area contributed by atoms with Crippen molar-refractivity contribution in [2.45, 2.75) is 48.9 Å². The van der Waals surface area contributed by atoms with E-state index in [0.29, 0.717) is 16.6 Å². The van der Waals surface area contributed by atoms with Crippen molar-refractivity contribution in [2.24, 2.45) is 0 Å². The molecular formula is C19H20ClN3S. The molecular weight excluding hydrogens is 338 g/mol. The van der Waals surface area contributed by atoms with Gasteiger partial charge >= 0.3 is 0 Å². The maximum absolute atomic E-state index is 6.07. The van der Waals surface area contributed by atoms with E-state index >= 15 is 0 Å². The summed E-state index contributed by atoms with van der Waals surface area (Å²) in [6.45, 7) is 5.51. The third-order valence-corrected chi connectivity index (χ3v) is 6.07. The molecule has 0 aliphatic carbocycles. The van der Waals surface area contributed by atoms with Crippen LogP contribution < -0.4 is 5.73 Å². The van der Waals surface area contributed by atoms with Crippen LogP contribution in [-0.2, 0) is 13.0 Å². The van der Waals surface area contributed by atoms with Gasteiger partial charge in [-0.1, -0.05) is 37.2 Å². The number of aryl methyl sites for hydroxylation is 1. The second kappa shape index (κ2) is 6.01. The third-order valence-electron chi connectivity index (χ3n) is 4.59. The average molecular weight is 358 g/mol. The van der Waals surface area contributed by atoms with Gasteiger partial charge in [0.15, 0.2) is 0 Å². The molecule has 3 nitrogen and oxygen atoms in total. The lowest BCUT2D eigenvalue weighted by atomic mass is 10.1. The first-order valence-corrected chi connectivity index (χ1v) is 9.48. The van der Waals surface area contributed by atoms with Crippen molar-refractivity contribution in [1.29, 1.82) is 0 Å². The summed E-state index contributed by atoms with van der Waals surface area (Å²) in [5, 5.41) is 1.91. The Kier molecular flexibility index (Phi) is 3.97. The second-order valence-corrected chi connectivity index (χ2v) is 8.05. The summed E-state index contributed by atoms with van der Waals surface area (Å²) in [7, 11) is 0. The Morgan fingerprint density at radius 3 is 2.88 bits per heavy atom. The van der Waals surface area contributed by atoms with Gasteiger partial charge in [0.1, 0.15) is 0 Å². The third kappa shape index (κ3) is 2.49. The van der Waals surface area contributed by atoms with Gasteiger partial charge in [-0.2, -0.15) is 0 Å². The minimum absolute atomic E-state index is 0.395.